The van der Waals surface area contributed by atoms with E-state index >= 15 is 0 Å². The summed E-state index contributed by atoms with van der Waals surface area (Å²) in [6.07, 6.45) is 1.03. The van der Waals surface area contributed by atoms with Crippen molar-refractivity contribution < 1.29 is 14.3 Å². The second-order valence-electron chi connectivity index (χ2n) is 9.60. The van der Waals surface area contributed by atoms with E-state index < -0.39 is 5.92 Å². The zero-order chi connectivity index (χ0) is 22.3. The Hall–Kier alpha value is -2.53. The van der Waals surface area contributed by atoms with Gasteiger partial charge in [0.25, 0.3) is 0 Å². The first-order valence-electron chi connectivity index (χ1n) is 10.8. The summed E-state index contributed by atoms with van der Waals surface area (Å²) in [5.41, 5.74) is 4.21. The molecule has 2 atom stereocenters. The van der Waals surface area contributed by atoms with Gasteiger partial charge in [-0.3, -0.25) is 9.79 Å². The predicted octanol–water partition coefficient (Wildman–Crippen LogP) is 6.18. The van der Waals surface area contributed by atoms with Gasteiger partial charge in [-0.25, -0.2) is 4.79 Å². The van der Waals surface area contributed by atoms with Crippen LogP contribution in [0.15, 0.2) is 58.0 Å². The largest absolute Gasteiger partial charge is 0.460 e. The second-order valence-corrected chi connectivity index (χ2v) is 10.5. The number of nitrogens with zero attached hydrogens (tertiary/aromatic N) is 1. The second kappa shape index (κ2) is 8.19. The third kappa shape index (κ3) is 4.29. The van der Waals surface area contributed by atoms with Crippen molar-refractivity contribution in [3.63, 3.8) is 0 Å². The van der Waals surface area contributed by atoms with Crippen molar-refractivity contribution in [3.8, 4) is 11.1 Å². The number of carbonyl (C=O) groups is 2. The van der Waals surface area contributed by atoms with Gasteiger partial charge in [0.15, 0.2) is 0 Å². The van der Waals surface area contributed by atoms with Crippen LogP contribution in [0.3, 0.4) is 0 Å². The molecule has 1 saturated carbocycles. The molecule has 1 aliphatic carbocycles. The molecule has 2 unspecified atom stereocenters. The molecule has 4 rings (SSSR count). The molecule has 0 saturated heterocycles. The van der Waals surface area contributed by atoms with Gasteiger partial charge in [0.05, 0.1) is 17.6 Å². The lowest BCUT2D eigenvalue weighted by Crippen LogP contribution is -2.44. The average Bonchev–Trinajstić information content (AvgIpc) is 3.15. The summed E-state index contributed by atoms with van der Waals surface area (Å²) in [6, 6.07) is 12.3. The van der Waals surface area contributed by atoms with Crippen molar-refractivity contribution in [1.29, 1.82) is 0 Å². The van der Waals surface area contributed by atoms with Crippen LogP contribution < -0.4 is 0 Å². The van der Waals surface area contributed by atoms with Gasteiger partial charge < -0.3 is 4.74 Å². The summed E-state index contributed by atoms with van der Waals surface area (Å²) >= 11 is 1.60. The van der Waals surface area contributed by atoms with E-state index in [4.69, 9.17) is 9.73 Å². The Labute approximate surface area is 188 Å². The number of rotatable bonds is 4. The molecule has 5 heteroatoms. The molecule has 0 radical (unpaired) electrons. The number of benzene rings is 1. The van der Waals surface area contributed by atoms with E-state index in [0.717, 1.165) is 28.1 Å². The fourth-order valence-electron chi connectivity index (χ4n) is 4.74. The van der Waals surface area contributed by atoms with E-state index in [0.29, 0.717) is 17.7 Å². The van der Waals surface area contributed by atoms with Crippen LogP contribution in [0.4, 0.5) is 0 Å². The highest BCUT2D eigenvalue weighted by Crippen LogP contribution is 2.48. The van der Waals surface area contributed by atoms with E-state index in [9.17, 15) is 9.59 Å². The van der Waals surface area contributed by atoms with Crippen LogP contribution >= 0.6 is 11.3 Å². The maximum atomic E-state index is 13.4. The maximum absolute atomic E-state index is 13.4. The van der Waals surface area contributed by atoms with Crippen molar-refractivity contribution in [2.45, 2.75) is 59.5 Å². The number of Topliss-reactive ketones (excluding diaryl/α,β-unsaturated/α-hetero) is 1. The first-order valence-corrected chi connectivity index (χ1v) is 11.7. The normalized spacial score (nSPS) is 22.9. The molecule has 0 N–H and O–H groups in total. The number of hydrogen-bond donors (Lipinski definition) is 0. The standard InChI is InChI=1S/C26H29NO3S/c1-15(2)30-25(29)22-16(3)27-19-12-26(4,5)13-20(28)23(19)24(22)21-11-18(14-31-21)17-9-7-6-8-10-17/h6-11,14-15,23-24H,12-13H2,1-5H3. The van der Waals surface area contributed by atoms with E-state index in [1.54, 1.807) is 11.3 Å². The minimum absolute atomic E-state index is 0.113. The van der Waals surface area contributed by atoms with Gasteiger partial charge in [-0.05, 0) is 55.2 Å². The van der Waals surface area contributed by atoms with Crippen LogP contribution in [0.25, 0.3) is 11.1 Å². The third-order valence-corrected chi connectivity index (χ3v) is 6.98. The van der Waals surface area contributed by atoms with Crippen LogP contribution in [-0.4, -0.2) is 23.6 Å². The molecular weight excluding hydrogens is 406 g/mol. The summed E-state index contributed by atoms with van der Waals surface area (Å²) in [4.78, 5) is 32.3. The van der Waals surface area contributed by atoms with Crippen molar-refractivity contribution in [2.75, 3.05) is 0 Å². The van der Waals surface area contributed by atoms with Gasteiger partial charge >= 0.3 is 5.97 Å². The highest BCUT2D eigenvalue weighted by atomic mass is 32.1. The molecule has 2 aliphatic rings. The average molecular weight is 436 g/mol. The zero-order valence-electron chi connectivity index (χ0n) is 18.8. The summed E-state index contributed by atoms with van der Waals surface area (Å²) < 4.78 is 5.59. The molecule has 4 nitrogen and oxygen atoms in total. The number of esters is 1. The van der Waals surface area contributed by atoms with Crippen LogP contribution in [0.5, 0.6) is 0 Å². The maximum Gasteiger partial charge on any atom is 0.336 e. The number of aliphatic imine (C=N–C) groups is 1. The first kappa shape index (κ1) is 21.7. The van der Waals surface area contributed by atoms with Crippen LogP contribution in [0.2, 0.25) is 0 Å². The lowest BCUT2D eigenvalue weighted by Gasteiger charge is -2.40. The van der Waals surface area contributed by atoms with Gasteiger partial charge in [0, 0.05) is 28.6 Å². The van der Waals surface area contributed by atoms with Crippen LogP contribution in [-0.2, 0) is 14.3 Å². The first-order chi connectivity index (χ1) is 14.7. The quantitative estimate of drug-likeness (QED) is 0.539. The number of ether oxygens (including phenoxy) is 1. The number of ketones is 1. The van der Waals surface area contributed by atoms with Crippen LogP contribution in [0, 0.1) is 11.3 Å². The van der Waals surface area contributed by atoms with Crippen molar-refractivity contribution >= 4 is 28.8 Å². The SMILES string of the molecule is CC1=C(C(=O)OC(C)C)C(c2cc(-c3ccccc3)cs2)C2C(=O)CC(C)(C)CC2=N1. The molecule has 162 valence electrons. The topological polar surface area (TPSA) is 55.7 Å². The summed E-state index contributed by atoms with van der Waals surface area (Å²) in [7, 11) is 0. The highest BCUT2D eigenvalue weighted by molar-refractivity contribution is 7.10. The molecule has 1 aromatic carbocycles. The molecular formula is C26H29NO3S. The van der Waals surface area contributed by atoms with Gasteiger partial charge in [0.2, 0.25) is 0 Å². The smallest absolute Gasteiger partial charge is 0.336 e. The minimum Gasteiger partial charge on any atom is -0.460 e. The van der Waals surface area contributed by atoms with Crippen molar-refractivity contribution in [1.82, 2.24) is 0 Å². The van der Waals surface area contributed by atoms with Crippen molar-refractivity contribution in [2.24, 2.45) is 16.3 Å². The number of fused-ring (bicyclic) bond motifs is 1. The Bertz CT molecular complexity index is 1080. The summed E-state index contributed by atoms with van der Waals surface area (Å²) in [5.74, 6) is -0.942. The fourth-order valence-corrected chi connectivity index (χ4v) is 5.80. The minimum atomic E-state index is -0.395. The van der Waals surface area contributed by atoms with E-state index in [1.165, 1.54) is 0 Å². The van der Waals surface area contributed by atoms with Gasteiger partial charge in [-0.15, -0.1) is 11.3 Å². The lowest BCUT2D eigenvalue weighted by atomic mass is 9.64. The fraction of sp³-hybridized carbons (Fsp3) is 0.423. The van der Waals surface area contributed by atoms with E-state index in [1.807, 2.05) is 39.0 Å². The number of carbonyl (C=O) groups excluding carboxylic acids is 2. The Morgan fingerprint density at radius 3 is 2.52 bits per heavy atom. The van der Waals surface area contributed by atoms with Gasteiger partial charge in [-0.1, -0.05) is 44.2 Å². The van der Waals surface area contributed by atoms with E-state index in [-0.39, 0.29) is 29.2 Å². The van der Waals surface area contributed by atoms with Gasteiger partial charge in [-0.2, -0.15) is 0 Å². The molecule has 0 bridgehead atoms. The number of allylic oxidation sites excluding steroid dienone is 1. The van der Waals surface area contributed by atoms with Crippen LogP contribution in [0.1, 0.15) is 58.3 Å². The Balaban J connectivity index is 1.82. The predicted molar refractivity (Wildman–Crippen MR) is 125 cm³/mol. The zero-order valence-corrected chi connectivity index (χ0v) is 19.6. The molecule has 2 aromatic rings. The Kier molecular flexibility index (Phi) is 5.73. The number of thiophene rings is 1. The van der Waals surface area contributed by atoms with Gasteiger partial charge in [0.1, 0.15) is 5.78 Å². The Morgan fingerprint density at radius 1 is 1.13 bits per heavy atom. The molecule has 0 amide bonds. The summed E-state index contributed by atoms with van der Waals surface area (Å²) in [5, 5.41) is 2.11. The Morgan fingerprint density at radius 2 is 1.84 bits per heavy atom. The molecule has 2 heterocycles. The molecule has 1 aliphatic heterocycles. The molecule has 0 spiro atoms. The third-order valence-electron chi connectivity index (χ3n) is 5.96. The molecule has 31 heavy (non-hydrogen) atoms. The van der Waals surface area contributed by atoms with E-state index in [2.05, 4.69) is 37.4 Å². The molecule has 1 fully saturated rings. The summed E-state index contributed by atoms with van der Waals surface area (Å²) in [6.45, 7) is 9.77. The molecule has 1 aromatic heterocycles. The monoisotopic (exact) mass is 435 g/mol. The van der Waals surface area contributed by atoms with Crippen molar-refractivity contribution in [3.05, 3.63) is 57.9 Å². The number of hydrogen-bond acceptors (Lipinski definition) is 5. The highest BCUT2D eigenvalue weighted by Gasteiger charge is 2.48. The lowest BCUT2D eigenvalue weighted by molar-refractivity contribution is -0.143.